The number of nitrogens with one attached hydrogen (secondary N) is 1. The lowest BCUT2D eigenvalue weighted by atomic mass is 10.1. The number of aromatic hydroxyl groups is 1. The van der Waals surface area contributed by atoms with E-state index >= 15 is 0 Å². The minimum atomic E-state index is 0.0581. The fourth-order valence-corrected chi connectivity index (χ4v) is 2.72. The van der Waals surface area contributed by atoms with E-state index in [4.69, 9.17) is 11.6 Å². The zero-order valence-corrected chi connectivity index (χ0v) is 13.1. The van der Waals surface area contributed by atoms with Crippen molar-refractivity contribution in [1.29, 1.82) is 0 Å². The van der Waals surface area contributed by atoms with Gasteiger partial charge in [0.25, 0.3) is 0 Å². The lowest BCUT2D eigenvalue weighted by molar-refractivity contribution is 0.471. The fraction of sp³-hybridized carbons (Fsp3) is 0.200. The van der Waals surface area contributed by atoms with Gasteiger partial charge in [0, 0.05) is 27.3 Å². The van der Waals surface area contributed by atoms with Crippen molar-refractivity contribution in [2.24, 2.45) is 0 Å². The normalized spacial score (nSPS) is 12.2. The first-order valence-corrected chi connectivity index (χ1v) is 7.15. The average molecular weight is 341 g/mol. The van der Waals surface area contributed by atoms with Gasteiger partial charge in [0.1, 0.15) is 5.75 Å². The molecule has 0 aliphatic rings. The Kier molecular flexibility index (Phi) is 4.38. The van der Waals surface area contributed by atoms with Gasteiger partial charge in [0.2, 0.25) is 0 Å². The minimum absolute atomic E-state index is 0.0581. The largest absolute Gasteiger partial charge is 0.508 e. The number of halogens is 2. The van der Waals surface area contributed by atoms with E-state index in [1.54, 1.807) is 6.07 Å². The van der Waals surface area contributed by atoms with E-state index in [0.29, 0.717) is 10.8 Å². The molecule has 0 saturated heterocycles. The van der Waals surface area contributed by atoms with Crippen LogP contribution in [0.4, 0.5) is 5.69 Å². The predicted octanol–water partition coefficient (Wildman–Crippen LogP) is 5.29. The first-order valence-electron chi connectivity index (χ1n) is 5.98. The summed E-state index contributed by atoms with van der Waals surface area (Å²) in [6.45, 7) is 3.90. The van der Waals surface area contributed by atoms with Crippen LogP contribution >= 0.6 is 27.5 Å². The molecule has 0 aromatic heterocycles. The molecular formula is C15H15BrClNO. The van der Waals surface area contributed by atoms with Crippen molar-refractivity contribution in [3.63, 3.8) is 0 Å². The standard InChI is InChI=1S/C15H15BrClNO/c1-9-3-5-12(8-15(9)19)18-10(2)13-6-4-11(16)7-14(13)17/h3-8,10,18-19H,1-2H3. The van der Waals surface area contributed by atoms with Crippen molar-refractivity contribution in [1.82, 2.24) is 0 Å². The van der Waals surface area contributed by atoms with Crippen molar-refractivity contribution >= 4 is 33.2 Å². The van der Waals surface area contributed by atoms with Crippen LogP contribution in [-0.2, 0) is 0 Å². The lowest BCUT2D eigenvalue weighted by Crippen LogP contribution is -2.07. The summed E-state index contributed by atoms with van der Waals surface area (Å²) in [5, 5.41) is 13.7. The molecule has 4 heteroatoms. The second-order valence-electron chi connectivity index (χ2n) is 4.53. The highest BCUT2D eigenvalue weighted by atomic mass is 79.9. The quantitative estimate of drug-likeness (QED) is 0.795. The highest BCUT2D eigenvalue weighted by molar-refractivity contribution is 9.10. The summed E-state index contributed by atoms with van der Waals surface area (Å²) in [6.07, 6.45) is 0. The van der Waals surface area contributed by atoms with Crippen LogP contribution in [-0.4, -0.2) is 5.11 Å². The van der Waals surface area contributed by atoms with Gasteiger partial charge in [-0.2, -0.15) is 0 Å². The summed E-state index contributed by atoms with van der Waals surface area (Å²) in [6, 6.07) is 11.4. The molecule has 0 amide bonds. The zero-order valence-electron chi connectivity index (χ0n) is 10.7. The van der Waals surface area contributed by atoms with E-state index in [1.807, 2.05) is 44.2 Å². The third-order valence-electron chi connectivity index (χ3n) is 3.02. The Morgan fingerprint density at radius 3 is 2.58 bits per heavy atom. The van der Waals surface area contributed by atoms with Crippen molar-refractivity contribution in [3.05, 3.63) is 57.0 Å². The van der Waals surface area contributed by atoms with Crippen molar-refractivity contribution in [2.45, 2.75) is 19.9 Å². The van der Waals surface area contributed by atoms with Gasteiger partial charge in [0.05, 0.1) is 0 Å². The maximum atomic E-state index is 9.70. The van der Waals surface area contributed by atoms with Crippen LogP contribution in [0.5, 0.6) is 5.75 Å². The Hall–Kier alpha value is -1.19. The molecule has 2 aromatic carbocycles. The molecule has 0 saturated carbocycles. The molecule has 2 N–H and O–H groups in total. The van der Waals surface area contributed by atoms with E-state index < -0.39 is 0 Å². The summed E-state index contributed by atoms with van der Waals surface area (Å²) >= 11 is 9.62. The average Bonchev–Trinajstić information content (AvgIpc) is 2.33. The molecule has 19 heavy (non-hydrogen) atoms. The van der Waals surface area contributed by atoms with Crippen LogP contribution in [0.3, 0.4) is 0 Å². The third kappa shape index (κ3) is 3.43. The highest BCUT2D eigenvalue weighted by Gasteiger charge is 2.10. The molecular weight excluding hydrogens is 326 g/mol. The molecule has 2 rings (SSSR count). The summed E-state index contributed by atoms with van der Waals surface area (Å²) in [4.78, 5) is 0. The minimum Gasteiger partial charge on any atom is -0.508 e. The Balaban J connectivity index is 2.20. The lowest BCUT2D eigenvalue weighted by Gasteiger charge is -2.17. The van der Waals surface area contributed by atoms with Crippen LogP contribution in [0.1, 0.15) is 24.1 Å². The number of phenolic OH excluding ortho intramolecular Hbond substituents is 1. The van der Waals surface area contributed by atoms with Gasteiger partial charge in [-0.25, -0.2) is 0 Å². The van der Waals surface area contributed by atoms with Crippen LogP contribution in [0.2, 0.25) is 5.02 Å². The Bertz CT molecular complexity index is 601. The van der Waals surface area contributed by atoms with Crippen LogP contribution in [0, 0.1) is 6.92 Å². The van der Waals surface area contributed by atoms with Crippen molar-refractivity contribution in [3.8, 4) is 5.75 Å². The van der Waals surface area contributed by atoms with Gasteiger partial charge in [-0.15, -0.1) is 0 Å². The smallest absolute Gasteiger partial charge is 0.120 e. The summed E-state index contributed by atoms with van der Waals surface area (Å²) < 4.78 is 0.960. The summed E-state index contributed by atoms with van der Waals surface area (Å²) in [7, 11) is 0. The Labute approximate surface area is 126 Å². The Morgan fingerprint density at radius 1 is 1.21 bits per heavy atom. The van der Waals surface area contributed by atoms with Gasteiger partial charge in [0.15, 0.2) is 0 Å². The number of phenols is 1. The molecule has 2 nitrogen and oxygen atoms in total. The molecule has 2 aromatic rings. The highest BCUT2D eigenvalue weighted by Crippen LogP contribution is 2.30. The van der Waals surface area contributed by atoms with Crippen LogP contribution < -0.4 is 5.32 Å². The number of aryl methyl sites for hydroxylation is 1. The molecule has 0 bridgehead atoms. The van der Waals surface area contributed by atoms with E-state index in [-0.39, 0.29) is 6.04 Å². The van der Waals surface area contributed by atoms with E-state index in [2.05, 4.69) is 21.2 Å². The summed E-state index contributed by atoms with van der Waals surface area (Å²) in [5.74, 6) is 0.291. The second kappa shape index (κ2) is 5.85. The zero-order chi connectivity index (χ0) is 14.0. The van der Waals surface area contributed by atoms with Gasteiger partial charge in [-0.1, -0.05) is 39.7 Å². The maximum Gasteiger partial charge on any atom is 0.120 e. The molecule has 0 aliphatic carbocycles. The molecule has 0 spiro atoms. The van der Waals surface area contributed by atoms with Gasteiger partial charge in [-0.05, 0) is 43.2 Å². The SMILES string of the molecule is Cc1ccc(NC(C)c2ccc(Br)cc2Cl)cc1O. The topological polar surface area (TPSA) is 32.3 Å². The number of hydrogen-bond acceptors (Lipinski definition) is 2. The molecule has 100 valence electrons. The van der Waals surface area contributed by atoms with Gasteiger partial charge >= 0.3 is 0 Å². The Morgan fingerprint density at radius 2 is 1.95 bits per heavy atom. The van der Waals surface area contributed by atoms with Gasteiger partial charge in [-0.3, -0.25) is 0 Å². The number of hydrogen-bond donors (Lipinski definition) is 2. The van der Waals surface area contributed by atoms with Gasteiger partial charge < -0.3 is 10.4 Å². The number of anilines is 1. The van der Waals surface area contributed by atoms with Crippen LogP contribution in [0.15, 0.2) is 40.9 Å². The van der Waals surface area contributed by atoms with E-state index in [9.17, 15) is 5.11 Å². The second-order valence-corrected chi connectivity index (χ2v) is 5.86. The van der Waals surface area contributed by atoms with Crippen LogP contribution in [0.25, 0.3) is 0 Å². The molecule has 0 fully saturated rings. The molecule has 0 radical (unpaired) electrons. The van der Waals surface area contributed by atoms with E-state index in [1.165, 1.54) is 0 Å². The first-order chi connectivity index (χ1) is 8.97. The molecule has 0 heterocycles. The molecule has 0 aliphatic heterocycles. The fourth-order valence-electron chi connectivity index (χ4n) is 1.88. The molecule has 1 unspecified atom stereocenters. The van der Waals surface area contributed by atoms with Crippen molar-refractivity contribution < 1.29 is 5.11 Å². The molecule has 1 atom stereocenters. The maximum absolute atomic E-state index is 9.70. The number of rotatable bonds is 3. The van der Waals surface area contributed by atoms with Crippen molar-refractivity contribution in [2.75, 3.05) is 5.32 Å². The third-order valence-corrected chi connectivity index (χ3v) is 3.84. The monoisotopic (exact) mass is 339 g/mol. The summed E-state index contributed by atoms with van der Waals surface area (Å²) in [5.41, 5.74) is 2.75. The van der Waals surface area contributed by atoms with E-state index in [0.717, 1.165) is 21.3 Å². The predicted molar refractivity (Wildman–Crippen MR) is 84.0 cm³/mol. The first kappa shape index (κ1) is 14.2. The number of benzene rings is 2.